The van der Waals surface area contributed by atoms with Gasteiger partial charge in [0.1, 0.15) is 22.3 Å². The highest BCUT2D eigenvalue weighted by atomic mass is 16.3. The van der Waals surface area contributed by atoms with Gasteiger partial charge < -0.3 is 8.83 Å². The van der Waals surface area contributed by atoms with Crippen molar-refractivity contribution in [3.63, 3.8) is 0 Å². The zero-order chi connectivity index (χ0) is 50.9. The molecular weight excluding hydrogens is 629 g/mol. The number of hydrogen-bond donors (Lipinski definition) is 0. The number of benzene rings is 7. The summed E-state index contributed by atoms with van der Waals surface area (Å²) in [6, 6.07) is -3.31. The van der Waals surface area contributed by atoms with Gasteiger partial charge in [0.05, 0.1) is 38.4 Å². The van der Waals surface area contributed by atoms with Crippen LogP contribution in [0.25, 0.3) is 106 Å². The van der Waals surface area contributed by atoms with Gasteiger partial charge in [0, 0.05) is 49.5 Å². The standard InChI is InChI=1S/C45H26N4O2/c1-3-12-27(13-4-1)30-18-11-21-39-42(30)33-23-22-29(24-40(33)51-39)44-46-43(28-14-5-2-6-15-28)47-45(48-44)49-36-19-9-7-16-31(36)34-25-35-32-17-8-10-20-38(32)50-41(35)26-37(34)49/h1-26H/i1D,2D,3D,4D,5D,6D,7D,8D,9D,10D,12D,13D,14D,15D,16D,17D,19D,20D,25D,26D. The summed E-state index contributed by atoms with van der Waals surface area (Å²) in [7, 11) is 0. The Balaban J connectivity index is 1.27. The summed E-state index contributed by atoms with van der Waals surface area (Å²) < 4.78 is 187. The summed E-state index contributed by atoms with van der Waals surface area (Å²) >= 11 is 0. The second kappa shape index (κ2) is 10.7. The molecule has 7 aromatic carbocycles. The molecule has 51 heavy (non-hydrogen) atoms. The molecule has 0 aliphatic rings. The van der Waals surface area contributed by atoms with E-state index >= 15 is 0 Å². The highest BCUT2D eigenvalue weighted by Crippen LogP contribution is 2.40. The van der Waals surface area contributed by atoms with E-state index in [1.54, 1.807) is 24.3 Å². The van der Waals surface area contributed by atoms with Gasteiger partial charge in [0.15, 0.2) is 11.6 Å². The van der Waals surface area contributed by atoms with Crippen LogP contribution in [-0.2, 0) is 0 Å². The Morgan fingerprint density at radius 1 is 0.471 bits per heavy atom. The number of para-hydroxylation sites is 2. The van der Waals surface area contributed by atoms with Crippen LogP contribution in [0.2, 0.25) is 0 Å². The fraction of sp³-hybridized carbons (Fsp3) is 0. The van der Waals surface area contributed by atoms with E-state index in [1.165, 1.54) is 12.1 Å². The minimum atomic E-state index is -0.747. The molecule has 0 radical (unpaired) electrons. The molecule has 4 aromatic heterocycles. The van der Waals surface area contributed by atoms with Crippen molar-refractivity contribution in [2.24, 2.45) is 0 Å². The minimum Gasteiger partial charge on any atom is -0.456 e. The maximum Gasteiger partial charge on any atom is 0.238 e. The first-order valence-corrected chi connectivity index (χ1v) is 15.3. The number of furan rings is 2. The van der Waals surface area contributed by atoms with Crippen molar-refractivity contribution in [2.45, 2.75) is 0 Å². The Bertz CT molecular complexity index is 4260. The Hall–Kier alpha value is -7.05. The largest absolute Gasteiger partial charge is 0.456 e. The van der Waals surface area contributed by atoms with Gasteiger partial charge in [-0.3, -0.25) is 4.57 Å². The molecule has 0 N–H and O–H groups in total. The van der Waals surface area contributed by atoms with E-state index in [9.17, 15) is 4.11 Å². The number of fused-ring (bicyclic) bond motifs is 9. The molecule has 238 valence electrons. The second-order valence-corrected chi connectivity index (χ2v) is 11.3. The molecule has 6 nitrogen and oxygen atoms in total. The molecule has 0 atom stereocenters. The molecule has 0 aliphatic carbocycles. The van der Waals surface area contributed by atoms with Gasteiger partial charge in [-0.15, -0.1) is 0 Å². The van der Waals surface area contributed by atoms with E-state index in [0.29, 0.717) is 10.8 Å². The van der Waals surface area contributed by atoms with Gasteiger partial charge in [0.2, 0.25) is 5.95 Å². The van der Waals surface area contributed by atoms with E-state index in [0.717, 1.165) is 4.57 Å². The monoisotopic (exact) mass is 674 g/mol. The van der Waals surface area contributed by atoms with Crippen LogP contribution in [0.1, 0.15) is 27.4 Å². The van der Waals surface area contributed by atoms with Crippen LogP contribution in [-0.4, -0.2) is 19.5 Å². The Morgan fingerprint density at radius 3 is 2.02 bits per heavy atom. The second-order valence-electron chi connectivity index (χ2n) is 11.3. The van der Waals surface area contributed by atoms with Gasteiger partial charge in [-0.05, 0) is 47.5 Å². The maximum atomic E-state index is 9.65. The average Bonchev–Trinajstić information content (AvgIpc) is 4.07. The third kappa shape index (κ3) is 4.26. The lowest BCUT2D eigenvalue weighted by Crippen LogP contribution is -2.06. The molecule has 0 fully saturated rings. The van der Waals surface area contributed by atoms with E-state index in [-0.39, 0.29) is 71.8 Å². The predicted molar refractivity (Wildman–Crippen MR) is 205 cm³/mol. The molecule has 0 bridgehead atoms. The van der Waals surface area contributed by atoms with Gasteiger partial charge in [-0.2, -0.15) is 9.97 Å². The third-order valence-electron chi connectivity index (χ3n) is 8.49. The van der Waals surface area contributed by atoms with Crippen molar-refractivity contribution in [1.29, 1.82) is 0 Å². The Morgan fingerprint density at radius 2 is 1.18 bits per heavy atom. The zero-order valence-corrected chi connectivity index (χ0v) is 25.6. The normalized spacial score (nSPS) is 17.4. The number of hydrogen-bond acceptors (Lipinski definition) is 5. The first-order valence-electron chi connectivity index (χ1n) is 25.3. The summed E-state index contributed by atoms with van der Waals surface area (Å²) in [4.78, 5) is 13.9. The van der Waals surface area contributed by atoms with E-state index in [4.69, 9.17) is 37.1 Å². The maximum absolute atomic E-state index is 9.65. The Labute approximate surface area is 319 Å². The smallest absolute Gasteiger partial charge is 0.238 e. The quantitative estimate of drug-likeness (QED) is 0.186. The molecule has 0 saturated heterocycles. The molecule has 6 heteroatoms. The molecule has 0 aliphatic heterocycles. The SMILES string of the molecule is [2H]c1c([2H])c([2H])c(-c2nc(-c3ccc4c(c3)oc3cccc(-c5c([2H])c([2H])c([2H])c([2H])c5[2H])c34)nc(-n3c4c([2H])c([2H])c([2H])c([2H])c4c4c([2H])c5c(oc6c([2H])c([2H])c([2H])c([2H])c65)c([2H])c43)n2)c([2H])c1[2H]. The lowest BCUT2D eigenvalue weighted by molar-refractivity contribution is 0.668. The van der Waals surface area contributed by atoms with Gasteiger partial charge in [0.25, 0.3) is 0 Å². The Kier molecular flexibility index (Phi) is 3.12. The first-order chi connectivity index (χ1) is 33.6. The van der Waals surface area contributed by atoms with E-state index in [2.05, 4.69) is 9.97 Å². The van der Waals surface area contributed by atoms with Crippen molar-refractivity contribution in [3.05, 3.63) is 157 Å². The summed E-state index contributed by atoms with van der Waals surface area (Å²) in [5, 5.41) is -0.289. The van der Waals surface area contributed by atoms with Crippen LogP contribution in [0.3, 0.4) is 0 Å². The van der Waals surface area contributed by atoms with Crippen molar-refractivity contribution < 1.29 is 36.2 Å². The van der Waals surface area contributed by atoms with Crippen LogP contribution in [0.4, 0.5) is 0 Å². The molecule has 0 amide bonds. The van der Waals surface area contributed by atoms with Gasteiger partial charge in [-0.25, -0.2) is 4.98 Å². The van der Waals surface area contributed by atoms with Crippen LogP contribution in [0.15, 0.2) is 166 Å². The van der Waals surface area contributed by atoms with Gasteiger partial charge >= 0.3 is 0 Å². The zero-order valence-electron chi connectivity index (χ0n) is 45.6. The predicted octanol–water partition coefficient (Wildman–Crippen LogP) is 11.8. The van der Waals surface area contributed by atoms with Crippen LogP contribution >= 0.6 is 0 Å². The third-order valence-corrected chi connectivity index (χ3v) is 8.49. The molecule has 11 aromatic rings. The van der Waals surface area contributed by atoms with Crippen LogP contribution in [0.5, 0.6) is 0 Å². The highest BCUT2D eigenvalue weighted by Gasteiger charge is 2.21. The molecule has 0 spiro atoms. The lowest BCUT2D eigenvalue weighted by atomic mass is 9.99. The molecule has 0 unspecified atom stereocenters. The number of rotatable bonds is 4. The fourth-order valence-corrected chi connectivity index (χ4v) is 6.32. The van der Waals surface area contributed by atoms with E-state index < -0.39 is 144 Å². The number of nitrogens with zero attached hydrogens (tertiary/aromatic N) is 4. The average molecular weight is 675 g/mol. The van der Waals surface area contributed by atoms with Crippen LogP contribution < -0.4 is 0 Å². The van der Waals surface area contributed by atoms with Crippen molar-refractivity contribution in [2.75, 3.05) is 0 Å². The first kappa shape index (κ1) is 14.8. The topological polar surface area (TPSA) is 69.9 Å². The van der Waals surface area contributed by atoms with Crippen LogP contribution in [0, 0.1) is 0 Å². The highest BCUT2D eigenvalue weighted by molar-refractivity contribution is 6.17. The molecule has 0 saturated carbocycles. The fourth-order valence-electron chi connectivity index (χ4n) is 6.32. The summed E-state index contributed by atoms with van der Waals surface area (Å²) in [6.45, 7) is 0. The molecule has 4 heterocycles. The van der Waals surface area contributed by atoms with Crippen molar-refractivity contribution >= 4 is 65.7 Å². The van der Waals surface area contributed by atoms with Crippen molar-refractivity contribution in [3.8, 4) is 39.9 Å². The molecular formula is C45H26N4O2. The van der Waals surface area contributed by atoms with Crippen molar-refractivity contribution in [1.82, 2.24) is 19.5 Å². The molecule has 11 rings (SSSR count). The van der Waals surface area contributed by atoms with Gasteiger partial charge in [-0.1, -0.05) is 115 Å². The summed E-state index contributed by atoms with van der Waals surface area (Å²) in [6.07, 6.45) is 0. The number of aromatic nitrogens is 4. The lowest BCUT2D eigenvalue weighted by Gasteiger charge is -2.11. The summed E-state index contributed by atoms with van der Waals surface area (Å²) in [5.74, 6) is -1.34. The van der Waals surface area contributed by atoms with E-state index in [1.807, 2.05) is 0 Å². The summed E-state index contributed by atoms with van der Waals surface area (Å²) in [5.41, 5.74) is -1.27. The minimum absolute atomic E-state index is 0.0741.